The summed E-state index contributed by atoms with van der Waals surface area (Å²) in [7, 11) is 0. The fraction of sp³-hybridized carbons (Fsp3) is 0.741. The summed E-state index contributed by atoms with van der Waals surface area (Å²) in [5.41, 5.74) is 1.65. The van der Waals surface area contributed by atoms with E-state index in [4.69, 9.17) is 4.74 Å². The zero-order chi connectivity index (χ0) is 22.4. The lowest BCUT2D eigenvalue weighted by atomic mass is 10.0. The Hall–Kier alpha value is -1.55. The predicted molar refractivity (Wildman–Crippen MR) is 130 cm³/mol. The second-order valence-electron chi connectivity index (χ2n) is 8.73. The van der Waals surface area contributed by atoms with Gasteiger partial charge in [-0.1, -0.05) is 128 Å². The van der Waals surface area contributed by atoms with Crippen LogP contribution in [-0.2, 0) is 18.0 Å². The Kier molecular flexibility index (Phi) is 18.0. The molecule has 0 bridgehead atoms. The molecule has 178 valence electrons. The van der Waals surface area contributed by atoms with Crippen LogP contribution in [0.2, 0.25) is 0 Å². The predicted octanol–water partition coefficient (Wildman–Crippen LogP) is 7.67. The number of carbonyl (C=O) groups is 1. The summed E-state index contributed by atoms with van der Waals surface area (Å²) >= 11 is 0. The van der Waals surface area contributed by atoms with Crippen molar-refractivity contribution in [2.45, 2.75) is 123 Å². The van der Waals surface area contributed by atoms with Crippen LogP contribution in [0.25, 0.3) is 0 Å². The molecule has 0 saturated carbocycles. The average molecular weight is 434 g/mol. The maximum atomic E-state index is 11.8. The number of carbonyl (C=O) groups excluding carboxylic acids is 1. The van der Waals surface area contributed by atoms with Gasteiger partial charge in [-0.05, 0) is 17.5 Å². The van der Waals surface area contributed by atoms with Crippen molar-refractivity contribution in [2.75, 3.05) is 6.54 Å². The second kappa shape index (κ2) is 20.4. The molecular weight excluding hydrogens is 386 g/mol. The fourth-order valence-corrected chi connectivity index (χ4v) is 3.91. The number of benzene rings is 1. The lowest BCUT2D eigenvalue weighted by Gasteiger charge is -2.09. The van der Waals surface area contributed by atoms with Gasteiger partial charge in [0, 0.05) is 6.54 Å². The van der Waals surface area contributed by atoms with Gasteiger partial charge in [0.05, 0.1) is 6.61 Å². The van der Waals surface area contributed by atoms with Crippen LogP contribution in [0.4, 0.5) is 4.79 Å². The van der Waals surface area contributed by atoms with Crippen molar-refractivity contribution in [3.05, 3.63) is 35.4 Å². The van der Waals surface area contributed by atoms with Crippen LogP contribution in [0, 0.1) is 0 Å². The molecule has 4 heteroatoms. The molecule has 0 heterocycles. The number of amides is 1. The highest BCUT2D eigenvalue weighted by molar-refractivity contribution is 5.67. The van der Waals surface area contributed by atoms with Gasteiger partial charge in [0.1, 0.15) is 6.61 Å². The van der Waals surface area contributed by atoms with Crippen molar-refractivity contribution in [1.82, 2.24) is 5.32 Å². The number of aliphatic hydroxyl groups is 1. The van der Waals surface area contributed by atoms with E-state index in [1.54, 1.807) is 0 Å². The van der Waals surface area contributed by atoms with E-state index in [0.717, 1.165) is 24.0 Å². The van der Waals surface area contributed by atoms with Crippen molar-refractivity contribution < 1.29 is 14.6 Å². The normalized spacial score (nSPS) is 10.9. The summed E-state index contributed by atoms with van der Waals surface area (Å²) < 4.78 is 5.24. The molecule has 31 heavy (non-hydrogen) atoms. The van der Waals surface area contributed by atoms with Crippen LogP contribution in [-0.4, -0.2) is 17.7 Å². The van der Waals surface area contributed by atoms with E-state index >= 15 is 0 Å². The number of rotatable bonds is 20. The Morgan fingerprint density at radius 3 is 1.68 bits per heavy atom. The van der Waals surface area contributed by atoms with Crippen LogP contribution >= 0.6 is 0 Å². The molecule has 0 saturated heterocycles. The largest absolute Gasteiger partial charge is 0.445 e. The van der Waals surface area contributed by atoms with Crippen LogP contribution in [0.3, 0.4) is 0 Å². The number of ether oxygens (including phenoxy) is 1. The van der Waals surface area contributed by atoms with Gasteiger partial charge in [0.2, 0.25) is 0 Å². The quantitative estimate of drug-likeness (QED) is 0.207. The standard InChI is InChI=1S/C27H47NO3/c1-2-3-4-5-6-7-8-9-10-11-12-13-14-15-16-19-22-28-27(30)31-24-26-21-18-17-20-25(26)23-29/h17-18,20-21,29H,2-16,19,22-24H2,1H3,(H,28,30). The van der Waals surface area contributed by atoms with Gasteiger partial charge in [-0.25, -0.2) is 4.79 Å². The number of nitrogens with one attached hydrogen (secondary N) is 1. The van der Waals surface area contributed by atoms with Crippen molar-refractivity contribution in [1.29, 1.82) is 0 Å². The van der Waals surface area contributed by atoms with Gasteiger partial charge in [-0.3, -0.25) is 0 Å². The van der Waals surface area contributed by atoms with Gasteiger partial charge in [-0.2, -0.15) is 0 Å². The Morgan fingerprint density at radius 2 is 1.19 bits per heavy atom. The monoisotopic (exact) mass is 433 g/mol. The number of hydrogen-bond acceptors (Lipinski definition) is 3. The number of aliphatic hydroxyl groups excluding tert-OH is 1. The minimum Gasteiger partial charge on any atom is -0.445 e. The summed E-state index contributed by atoms with van der Waals surface area (Å²) in [6, 6.07) is 7.46. The van der Waals surface area contributed by atoms with Crippen LogP contribution in [0.15, 0.2) is 24.3 Å². The summed E-state index contributed by atoms with van der Waals surface area (Å²) in [6.45, 7) is 3.10. The Labute approximate surface area is 191 Å². The van der Waals surface area contributed by atoms with E-state index in [1.807, 2.05) is 24.3 Å². The Morgan fingerprint density at radius 1 is 0.742 bits per heavy atom. The molecule has 0 aromatic heterocycles. The first-order valence-corrected chi connectivity index (χ1v) is 12.9. The molecule has 1 aromatic rings. The minimum absolute atomic E-state index is 0.0413. The molecule has 1 amide bonds. The van der Waals surface area contributed by atoms with Crippen molar-refractivity contribution in [2.24, 2.45) is 0 Å². The van der Waals surface area contributed by atoms with Gasteiger partial charge in [-0.15, -0.1) is 0 Å². The Balaban J connectivity index is 1.81. The van der Waals surface area contributed by atoms with Crippen LogP contribution < -0.4 is 5.32 Å². The molecule has 1 rings (SSSR count). The zero-order valence-corrected chi connectivity index (χ0v) is 20.0. The summed E-state index contributed by atoms with van der Waals surface area (Å²) in [5.74, 6) is 0. The molecule has 0 aliphatic heterocycles. The van der Waals surface area contributed by atoms with E-state index in [2.05, 4.69) is 12.2 Å². The van der Waals surface area contributed by atoms with E-state index in [0.29, 0.717) is 6.54 Å². The first-order valence-electron chi connectivity index (χ1n) is 12.9. The van der Waals surface area contributed by atoms with E-state index in [-0.39, 0.29) is 19.3 Å². The first kappa shape index (κ1) is 27.5. The maximum absolute atomic E-state index is 11.8. The van der Waals surface area contributed by atoms with Crippen molar-refractivity contribution >= 4 is 6.09 Å². The maximum Gasteiger partial charge on any atom is 0.407 e. The van der Waals surface area contributed by atoms with Crippen molar-refractivity contribution in [3.8, 4) is 0 Å². The number of alkyl carbamates (subject to hydrolysis) is 1. The summed E-state index contributed by atoms with van der Waals surface area (Å²) in [5, 5.41) is 12.1. The van der Waals surface area contributed by atoms with Crippen LogP contribution in [0.5, 0.6) is 0 Å². The SMILES string of the molecule is CCCCCCCCCCCCCCCCCCNC(=O)OCc1ccccc1CO. The lowest BCUT2D eigenvalue weighted by Crippen LogP contribution is -2.25. The third-order valence-electron chi connectivity index (χ3n) is 5.95. The topological polar surface area (TPSA) is 58.6 Å². The minimum atomic E-state index is -0.381. The third kappa shape index (κ3) is 15.8. The highest BCUT2D eigenvalue weighted by Crippen LogP contribution is 2.14. The molecule has 0 aliphatic carbocycles. The van der Waals surface area contributed by atoms with E-state index in [9.17, 15) is 9.90 Å². The first-order chi connectivity index (χ1) is 15.3. The number of hydrogen-bond donors (Lipinski definition) is 2. The fourth-order valence-electron chi connectivity index (χ4n) is 3.91. The average Bonchev–Trinajstić information content (AvgIpc) is 2.79. The highest BCUT2D eigenvalue weighted by atomic mass is 16.5. The third-order valence-corrected chi connectivity index (χ3v) is 5.95. The molecule has 0 aliphatic rings. The molecule has 2 N–H and O–H groups in total. The smallest absolute Gasteiger partial charge is 0.407 e. The number of unbranched alkanes of at least 4 members (excludes halogenated alkanes) is 15. The van der Waals surface area contributed by atoms with E-state index in [1.165, 1.54) is 89.9 Å². The van der Waals surface area contributed by atoms with Crippen molar-refractivity contribution in [3.63, 3.8) is 0 Å². The lowest BCUT2D eigenvalue weighted by molar-refractivity contribution is 0.138. The molecule has 1 aromatic carbocycles. The van der Waals surface area contributed by atoms with Gasteiger partial charge in [0.25, 0.3) is 0 Å². The Bertz CT molecular complexity index is 547. The molecule has 0 spiro atoms. The molecule has 4 nitrogen and oxygen atoms in total. The van der Waals surface area contributed by atoms with E-state index < -0.39 is 0 Å². The molecule has 0 atom stereocenters. The molecule has 0 fully saturated rings. The highest BCUT2D eigenvalue weighted by Gasteiger charge is 2.05. The molecular formula is C27H47NO3. The zero-order valence-electron chi connectivity index (χ0n) is 20.0. The second-order valence-corrected chi connectivity index (χ2v) is 8.73. The molecule has 0 radical (unpaired) electrons. The van der Waals surface area contributed by atoms with Gasteiger partial charge >= 0.3 is 6.09 Å². The van der Waals surface area contributed by atoms with Gasteiger partial charge in [0.15, 0.2) is 0 Å². The summed E-state index contributed by atoms with van der Waals surface area (Å²) in [6.07, 6.45) is 21.2. The van der Waals surface area contributed by atoms with Crippen LogP contribution in [0.1, 0.15) is 121 Å². The molecule has 0 unspecified atom stereocenters. The summed E-state index contributed by atoms with van der Waals surface area (Å²) in [4.78, 5) is 11.8. The van der Waals surface area contributed by atoms with Gasteiger partial charge < -0.3 is 15.2 Å².